The van der Waals surface area contributed by atoms with Crippen LogP contribution in [0.25, 0.3) is 0 Å². The van der Waals surface area contributed by atoms with E-state index in [4.69, 9.17) is 39.5 Å². The molecule has 0 amide bonds. The number of aryl methyl sites for hydroxylation is 1. The molecule has 1 aliphatic heterocycles. The lowest BCUT2D eigenvalue weighted by atomic mass is 10.3. The molecule has 0 bridgehead atoms. The molecular formula is C15H16Cl3N5O2. The molecule has 0 aliphatic carbocycles. The Morgan fingerprint density at radius 2 is 1.80 bits per heavy atom. The van der Waals surface area contributed by atoms with Gasteiger partial charge >= 0.3 is 0 Å². The van der Waals surface area contributed by atoms with Crippen LogP contribution in [0, 0.1) is 6.92 Å². The van der Waals surface area contributed by atoms with Crippen LogP contribution in [0.4, 0.5) is 11.4 Å². The van der Waals surface area contributed by atoms with Crippen molar-refractivity contribution < 1.29 is 4.74 Å². The monoisotopic (exact) mass is 403 g/mol. The number of hydrogen-bond donors (Lipinski definition) is 1. The third kappa shape index (κ3) is 4.24. The standard InChI is InChI=1S/C15H16Cl3N5O2/c1-9-14(20-19-13-7-11(17)10(16)6-12(13)18)15(24)23(21-9)8-22-2-4-25-5-3-22/h6-7,21H,2-5,8H2,1H3. The molecule has 0 radical (unpaired) electrons. The number of hydrogen-bond acceptors (Lipinski definition) is 5. The van der Waals surface area contributed by atoms with Crippen molar-refractivity contribution in [1.82, 2.24) is 14.7 Å². The molecule has 1 fully saturated rings. The topological polar surface area (TPSA) is 75.0 Å². The van der Waals surface area contributed by atoms with E-state index in [2.05, 4.69) is 20.2 Å². The van der Waals surface area contributed by atoms with Crippen LogP contribution >= 0.6 is 34.8 Å². The third-order valence-electron chi connectivity index (χ3n) is 3.80. The molecule has 1 aromatic heterocycles. The van der Waals surface area contributed by atoms with Crippen LogP contribution in [0.1, 0.15) is 5.69 Å². The summed E-state index contributed by atoms with van der Waals surface area (Å²) < 4.78 is 6.81. The van der Waals surface area contributed by atoms with E-state index in [-0.39, 0.29) is 11.2 Å². The van der Waals surface area contributed by atoms with E-state index < -0.39 is 0 Å². The van der Waals surface area contributed by atoms with Gasteiger partial charge in [0.2, 0.25) is 0 Å². The minimum atomic E-state index is -0.246. The van der Waals surface area contributed by atoms with Crippen LogP contribution in [-0.4, -0.2) is 41.0 Å². The lowest BCUT2D eigenvalue weighted by Gasteiger charge is -2.26. The highest BCUT2D eigenvalue weighted by Gasteiger charge is 2.16. The number of H-pyrrole nitrogens is 1. The minimum absolute atomic E-state index is 0.232. The van der Waals surface area contributed by atoms with Crippen LogP contribution in [0.3, 0.4) is 0 Å². The van der Waals surface area contributed by atoms with Crippen LogP contribution in [0.5, 0.6) is 0 Å². The molecule has 2 heterocycles. The molecule has 3 rings (SSSR count). The molecule has 1 saturated heterocycles. The van der Waals surface area contributed by atoms with Gasteiger partial charge in [-0.2, -0.15) is 0 Å². The van der Waals surface area contributed by atoms with Crippen molar-refractivity contribution in [2.75, 3.05) is 26.3 Å². The molecule has 1 aliphatic rings. The Hall–Kier alpha value is -1.38. The second kappa shape index (κ2) is 7.88. The summed E-state index contributed by atoms with van der Waals surface area (Å²) in [6.45, 7) is 5.10. The number of nitrogens with one attached hydrogen (secondary N) is 1. The fraction of sp³-hybridized carbons (Fsp3) is 0.400. The van der Waals surface area contributed by atoms with Crippen molar-refractivity contribution in [1.29, 1.82) is 0 Å². The molecule has 10 heteroatoms. The van der Waals surface area contributed by atoms with E-state index in [1.54, 1.807) is 6.92 Å². The molecule has 1 aromatic carbocycles. The number of morpholine rings is 1. The van der Waals surface area contributed by atoms with E-state index in [0.717, 1.165) is 13.1 Å². The van der Waals surface area contributed by atoms with Crippen molar-refractivity contribution in [2.45, 2.75) is 13.6 Å². The number of azo groups is 1. The number of rotatable bonds is 4. The van der Waals surface area contributed by atoms with E-state index >= 15 is 0 Å². The Bertz CT molecular complexity index is 856. The summed E-state index contributed by atoms with van der Waals surface area (Å²) in [4.78, 5) is 14.7. The zero-order valence-electron chi connectivity index (χ0n) is 13.4. The lowest BCUT2D eigenvalue weighted by molar-refractivity contribution is 0.0207. The first-order valence-electron chi connectivity index (χ1n) is 7.61. The number of benzene rings is 1. The Morgan fingerprint density at radius 3 is 2.52 bits per heavy atom. The normalized spacial score (nSPS) is 16.0. The summed E-state index contributed by atoms with van der Waals surface area (Å²) in [6, 6.07) is 2.99. The number of aromatic amines is 1. The molecule has 7 nitrogen and oxygen atoms in total. The van der Waals surface area contributed by atoms with Gasteiger partial charge in [-0.3, -0.25) is 14.8 Å². The predicted molar refractivity (Wildman–Crippen MR) is 97.8 cm³/mol. The van der Waals surface area contributed by atoms with Gasteiger partial charge in [0.05, 0.1) is 40.6 Å². The Morgan fingerprint density at radius 1 is 1.12 bits per heavy atom. The van der Waals surface area contributed by atoms with Gasteiger partial charge in [0.25, 0.3) is 5.56 Å². The van der Waals surface area contributed by atoms with Gasteiger partial charge in [0.1, 0.15) is 5.69 Å². The number of nitrogens with zero attached hydrogens (tertiary/aromatic N) is 4. The smallest absolute Gasteiger partial charge is 0.295 e. The molecule has 0 saturated carbocycles. The fourth-order valence-corrected chi connectivity index (χ4v) is 3.03. The van der Waals surface area contributed by atoms with Crippen LogP contribution in [0.15, 0.2) is 27.2 Å². The van der Waals surface area contributed by atoms with Gasteiger partial charge in [-0.15, -0.1) is 10.2 Å². The van der Waals surface area contributed by atoms with Crippen LogP contribution in [-0.2, 0) is 11.4 Å². The van der Waals surface area contributed by atoms with E-state index in [9.17, 15) is 4.79 Å². The number of ether oxygens (including phenoxy) is 1. The minimum Gasteiger partial charge on any atom is -0.379 e. The summed E-state index contributed by atoms with van der Waals surface area (Å²) in [7, 11) is 0. The van der Waals surface area contributed by atoms with Gasteiger partial charge in [-0.1, -0.05) is 34.8 Å². The Balaban J connectivity index is 1.83. The van der Waals surface area contributed by atoms with Crippen LogP contribution in [0.2, 0.25) is 15.1 Å². The zero-order valence-corrected chi connectivity index (χ0v) is 15.7. The molecule has 0 unspecified atom stereocenters. The quantitative estimate of drug-likeness (QED) is 0.614. The summed E-state index contributed by atoms with van der Waals surface area (Å²) in [5, 5.41) is 12.1. The third-order valence-corrected chi connectivity index (χ3v) is 4.82. The zero-order chi connectivity index (χ0) is 18.0. The highest BCUT2D eigenvalue weighted by Crippen LogP contribution is 2.34. The molecule has 0 spiro atoms. The van der Waals surface area contributed by atoms with Crippen molar-refractivity contribution in [3.05, 3.63) is 43.2 Å². The SMILES string of the molecule is Cc1[nH]n(CN2CCOCC2)c(=O)c1N=Nc1cc(Cl)c(Cl)cc1Cl. The molecule has 2 aromatic rings. The fourth-order valence-electron chi connectivity index (χ4n) is 2.45. The maximum atomic E-state index is 12.5. The van der Waals surface area contributed by atoms with Crippen LogP contribution < -0.4 is 5.56 Å². The van der Waals surface area contributed by atoms with Crippen molar-refractivity contribution in [3.8, 4) is 0 Å². The van der Waals surface area contributed by atoms with Crippen molar-refractivity contribution in [3.63, 3.8) is 0 Å². The van der Waals surface area contributed by atoms with Gasteiger partial charge in [0, 0.05) is 13.1 Å². The molecule has 1 N–H and O–H groups in total. The maximum absolute atomic E-state index is 12.5. The summed E-state index contributed by atoms with van der Waals surface area (Å²) in [6.07, 6.45) is 0. The average Bonchev–Trinajstić information content (AvgIpc) is 2.84. The van der Waals surface area contributed by atoms with Gasteiger partial charge in [-0.25, -0.2) is 4.68 Å². The summed E-state index contributed by atoms with van der Waals surface area (Å²) >= 11 is 17.9. The lowest BCUT2D eigenvalue weighted by Crippen LogP contribution is -2.39. The maximum Gasteiger partial charge on any atom is 0.295 e. The van der Waals surface area contributed by atoms with E-state index in [1.807, 2.05) is 0 Å². The largest absolute Gasteiger partial charge is 0.379 e. The second-order valence-corrected chi connectivity index (χ2v) is 6.83. The van der Waals surface area contributed by atoms with E-state index in [0.29, 0.717) is 46.3 Å². The predicted octanol–water partition coefficient (Wildman–Crippen LogP) is 4.15. The first-order chi connectivity index (χ1) is 12.0. The summed E-state index contributed by atoms with van der Waals surface area (Å²) in [5.41, 5.74) is 0.952. The highest BCUT2D eigenvalue weighted by molar-refractivity contribution is 6.43. The summed E-state index contributed by atoms with van der Waals surface area (Å²) in [5.74, 6) is 0. The van der Waals surface area contributed by atoms with Gasteiger partial charge in [0.15, 0.2) is 5.69 Å². The number of halogens is 3. The second-order valence-electron chi connectivity index (χ2n) is 5.61. The van der Waals surface area contributed by atoms with Crippen molar-refractivity contribution >= 4 is 46.2 Å². The molecule has 25 heavy (non-hydrogen) atoms. The van der Waals surface area contributed by atoms with Gasteiger partial charge in [-0.05, 0) is 19.1 Å². The molecule has 134 valence electrons. The highest BCUT2D eigenvalue weighted by atomic mass is 35.5. The molecule has 0 atom stereocenters. The number of aromatic nitrogens is 2. The Labute approximate surface area is 159 Å². The Kier molecular flexibility index (Phi) is 5.81. The van der Waals surface area contributed by atoms with E-state index in [1.165, 1.54) is 16.8 Å². The van der Waals surface area contributed by atoms with Gasteiger partial charge < -0.3 is 4.74 Å². The van der Waals surface area contributed by atoms with Crippen molar-refractivity contribution in [2.24, 2.45) is 10.2 Å². The first kappa shape index (κ1) is 18.4. The average molecular weight is 405 g/mol. The molecular weight excluding hydrogens is 389 g/mol. The first-order valence-corrected chi connectivity index (χ1v) is 8.75.